The first-order chi connectivity index (χ1) is 5.11. The SMILES string of the molecule is C=C(C)c1cc(F)ccc1Cl. The van der Waals surface area contributed by atoms with Crippen molar-refractivity contribution in [3.8, 4) is 0 Å². The fourth-order valence-electron chi connectivity index (χ4n) is 0.825. The second kappa shape index (κ2) is 3.05. The molecule has 0 amide bonds. The Hall–Kier alpha value is -0.820. The van der Waals surface area contributed by atoms with Crippen LogP contribution in [0.2, 0.25) is 5.02 Å². The molecule has 0 aromatic heterocycles. The van der Waals surface area contributed by atoms with Gasteiger partial charge < -0.3 is 0 Å². The maximum atomic E-state index is 12.6. The van der Waals surface area contributed by atoms with Crippen LogP contribution in [0, 0.1) is 5.82 Å². The quantitative estimate of drug-likeness (QED) is 0.605. The van der Waals surface area contributed by atoms with E-state index >= 15 is 0 Å². The lowest BCUT2D eigenvalue weighted by Crippen LogP contribution is -1.82. The Labute approximate surface area is 70.3 Å². The number of hydrogen-bond acceptors (Lipinski definition) is 0. The van der Waals surface area contributed by atoms with E-state index in [2.05, 4.69) is 6.58 Å². The van der Waals surface area contributed by atoms with Crippen molar-refractivity contribution in [3.05, 3.63) is 41.2 Å². The van der Waals surface area contributed by atoms with Crippen molar-refractivity contribution < 1.29 is 4.39 Å². The van der Waals surface area contributed by atoms with Gasteiger partial charge in [0.1, 0.15) is 5.82 Å². The predicted molar refractivity (Wildman–Crippen MR) is 46.1 cm³/mol. The second-order valence-corrected chi connectivity index (χ2v) is 2.81. The predicted octanol–water partition coefficient (Wildman–Crippen LogP) is 3.51. The molecule has 0 saturated heterocycles. The van der Waals surface area contributed by atoms with Crippen molar-refractivity contribution in [3.63, 3.8) is 0 Å². The average molecular weight is 171 g/mol. The van der Waals surface area contributed by atoms with Gasteiger partial charge in [-0.05, 0) is 36.3 Å². The van der Waals surface area contributed by atoms with Gasteiger partial charge in [-0.2, -0.15) is 0 Å². The molecule has 1 aromatic rings. The third-order valence-electron chi connectivity index (χ3n) is 1.39. The molecule has 0 aliphatic carbocycles. The smallest absolute Gasteiger partial charge is 0.123 e. The largest absolute Gasteiger partial charge is 0.207 e. The molecule has 0 unspecified atom stereocenters. The summed E-state index contributed by atoms with van der Waals surface area (Å²) in [6.45, 7) is 5.47. The van der Waals surface area contributed by atoms with E-state index in [1.807, 2.05) is 0 Å². The van der Waals surface area contributed by atoms with Gasteiger partial charge in [-0.1, -0.05) is 18.2 Å². The summed E-state index contributed by atoms with van der Waals surface area (Å²) < 4.78 is 12.6. The van der Waals surface area contributed by atoms with Crippen molar-refractivity contribution in [2.24, 2.45) is 0 Å². The van der Waals surface area contributed by atoms with E-state index in [1.165, 1.54) is 18.2 Å². The van der Waals surface area contributed by atoms with Crippen LogP contribution >= 0.6 is 11.6 Å². The van der Waals surface area contributed by atoms with E-state index < -0.39 is 0 Å². The minimum atomic E-state index is -0.285. The summed E-state index contributed by atoms with van der Waals surface area (Å²) in [6.07, 6.45) is 0. The molecule has 0 N–H and O–H groups in total. The van der Waals surface area contributed by atoms with Crippen molar-refractivity contribution >= 4 is 17.2 Å². The monoisotopic (exact) mass is 170 g/mol. The minimum Gasteiger partial charge on any atom is -0.207 e. The Morgan fingerprint density at radius 1 is 1.55 bits per heavy atom. The molecule has 0 fully saturated rings. The fourth-order valence-corrected chi connectivity index (χ4v) is 1.10. The molecule has 0 spiro atoms. The van der Waals surface area contributed by atoms with Gasteiger partial charge in [0, 0.05) is 5.02 Å². The molecule has 2 heteroatoms. The molecular weight excluding hydrogens is 163 g/mol. The van der Waals surface area contributed by atoms with Gasteiger partial charge in [0.15, 0.2) is 0 Å². The minimum absolute atomic E-state index is 0.285. The van der Waals surface area contributed by atoms with Gasteiger partial charge in [0.25, 0.3) is 0 Å². The zero-order valence-corrected chi connectivity index (χ0v) is 6.95. The molecule has 0 saturated carbocycles. The van der Waals surface area contributed by atoms with Crippen LogP contribution in [-0.2, 0) is 0 Å². The van der Waals surface area contributed by atoms with E-state index in [-0.39, 0.29) is 5.82 Å². The van der Waals surface area contributed by atoms with Gasteiger partial charge in [-0.3, -0.25) is 0 Å². The third kappa shape index (κ3) is 1.81. The molecule has 0 nitrogen and oxygen atoms in total. The van der Waals surface area contributed by atoms with E-state index in [0.717, 1.165) is 5.57 Å². The van der Waals surface area contributed by atoms with Crippen LogP contribution in [0.15, 0.2) is 24.8 Å². The number of allylic oxidation sites excluding steroid dienone is 1. The molecule has 58 valence electrons. The van der Waals surface area contributed by atoms with E-state index in [0.29, 0.717) is 10.6 Å². The molecule has 0 aliphatic rings. The Bertz CT molecular complexity index is 292. The molecule has 0 bridgehead atoms. The number of hydrogen-bond donors (Lipinski definition) is 0. The summed E-state index contributed by atoms with van der Waals surface area (Å²) in [5.74, 6) is -0.285. The fraction of sp³-hybridized carbons (Fsp3) is 0.111. The van der Waals surface area contributed by atoms with Crippen LogP contribution in [0.5, 0.6) is 0 Å². The molecule has 1 rings (SSSR count). The zero-order chi connectivity index (χ0) is 8.43. The lowest BCUT2D eigenvalue weighted by molar-refractivity contribution is 0.627. The molecule has 1 aromatic carbocycles. The average Bonchev–Trinajstić information content (AvgIpc) is 1.94. The zero-order valence-electron chi connectivity index (χ0n) is 6.20. The standard InChI is InChI=1S/C9H8ClF/c1-6(2)8-5-7(11)3-4-9(8)10/h3-5H,1H2,2H3. The molecule has 0 radical (unpaired) electrons. The first-order valence-corrected chi connectivity index (χ1v) is 3.60. The van der Waals surface area contributed by atoms with E-state index in [1.54, 1.807) is 6.92 Å². The highest BCUT2D eigenvalue weighted by atomic mass is 35.5. The maximum absolute atomic E-state index is 12.6. The van der Waals surface area contributed by atoms with Crippen LogP contribution in [0.1, 0.15) is 12.5 Å². The van der Waals surface area contributed by atoms with Crippen molar-refractivity contribution in [2.45, 2.75) is 6.92 Å². The number of halogens is 2. The third-order valence-corrected chi connectivity index (χ3v) is 1.72. The topological polar surface area (TPSA) is 0 Å². The first kappa shape index (κ1) is 8.28. The van der Waals surface area contributed by atoms with Gasteiger partial charge in [0.05, 0.1) is 0 Å². The molecule has 0 heterocycles. The summed E-state index contributed by atoms with van der Waals surface area (Å²) in [7, 11) is 0. The van der Waals surface area contributed by atoms with Crippen molar-refractivity contribution in [2.75, 3.05) is 0 Å². The normalized spacial score (nSPS) is 9.73. The molecular formula is C9H8ClF. The summed E-state index contributed by atoms with van der Waals surface area (Å²) >= 11 is 5.76. The Kier molecular flexibility index (Phi) is 2.30. The highest BCUT2D eigenvalue weighted by molar-refractivity contribution is 6.32. The summed E-state index contributed by atoms with van der Waals surface area (Å²) in [5.41, 5.74) is 1.45. The van der Waals surface area contributed by atoms with E-state index in [4.69, 9.17) is 11.6 Å². The molecule has 0 aliphatic heterocycles. The van der Waals surface area contributed by atoms with Gasteiger partial charge in [-0.25, -0.2) is 4.39 Å². The van der Waals surface area contributed by atoms with Crippen LogP contribution in [0.3, 0.4) is 0 Å². The van der Waals surface area contributed by atoms with Crippen molar-refractivity contribution in [1.82, 2.24) is 0 Å². The Morgan fingerprint density at radius 2 is 2.18 bits per heavy atom. The van der Waals surface area contributed by atoms with Crippen LogP contribution < -0.4 is 0 Å². The number of benzene rings is 1. The summed E-state index contributed by atoms with van der Waals surface area (Å²) in [4.78, 5) is 0. The summed E-state index contributed by atoms with van der Waals surface area (Å²) in [6, 6.07) is 4.24. The second-order valence-electron chi connectivity index (χ2n) is 2.40. The van der Waals surface area contributed by atoms with Gasteiger partial charge in [-0.15, -0.1) is 0 Å². The van der Waals surface area contributed by atoms with Gasteiger partial charge >= 0.3 is 0 Å². The van der Waals surface area contributed by atoms with E-state index in [9.17, 15) is 4.39 Å². The van der Waals surface area contributed by atoms with Crippen molar-refractivity contribution in [1.29, 1.82) is 0 Å². The maximum Gasteiger partial charge on any atom is 0.123 e. The first-order valence-electron chi connectivity index (χ1n) is 3.22. The number of rotatable bonds is 1. The van der Waals surface area contributed by atoms with Crippen LogP contribution in [0.4, 0.5) is 4.39 Å². The highest BCUT2D eigenvalue weighted by Crippen LogP contribution is 2.22. The summed E-state index contributed by atoms with van der Waals surface area (Å²) in [5, 5.41) is 0.541. The van der Waals surface area contributed by atoms with Gasteiger partial charge in [0.2, 0.25) is 0 Å². The van der Waals surface area contributed by atoms with Crippen LogP contribution in [0.25, 0.3) is 5.57 Å². The highest BCUT2D eigenvalue weighted by Gasteiger charge is 2.01. The Balaban J connectivity index is 3.23. The lowest BCUT2D eigenvalue weighted by Gasteiger charge is -2.01. The molecule has 11 heavy (non-hydrogen) atoms. The molecule has 0 atom stereocenters. The Morgan fingerprint density at radius 3 is 2.64 bits per heavy atom. The van der Waals surface area contributed by atoms with Crippen LogP contribution in [-0.4, -0.2) is 0 Å². The lowest BCUT2D eigenvalue weighted by atomic mass is 10.1.